The van der Waals surface area contributed by atoms with Gasteiger partial charge in [0.25, 0.3) is 0 Å². The minimum Gasteiger partial charge on any atom is -0.480 e. The molecule has 118 valence electrons. The number of carboxylic acids is 1. The lowest BCUT2D eigenvalue weighted by Crippen LogP contribution is -2.56. The van der Waals surface area contributed by atoms with Crippen LogP contribution in [0.2, 0.25) is 0 Å². The van der Waals surface area contributed by atoms with Crippen LogP contribution in [0.4, 0.5) is 0 Å². The molecule has 0 saturated carbocycles. The number of hydrogen-bond acceptors (Lipinski definition) is 5. The van der Waals surface area contributed by atoms with Gasteiger partial charge in [-0.25, -0.2) is 8.42 Å². The number of aryl methyl sites for hydroxylation is 1. The number of carboxylic acid groups (broad SMARTS) is 1. The van der Waals surface area contributed by atoms with Crippen LogP contribution in [0.1, 0.15) is 38.1 Å². The fourth-order valence-electron chi connectivity index (χ4n) is 2.86. The Hall–Kier alpha value is -1.41. The first-order valence-corrected chi connectivity index (χ1v) is 8.39. The fourth-order valence-corrected chi connectivity index (χ4v) is 4.64. The number of carbonyl (C=O) groups is 1. The van der Waals surface area contributed by atoms with Crippen LogP contribution in [-0.2, 0) is 20.6 Å². The molecular formula is C13H20N2O5S. The van der Waals surface area contributed by atoms with Gasteiger partial charge in [0, 0.05) is 12.6 Å². The van der Waals surface area contributed by atoms with Crippen molar-refractivity contribution >= 4 is 16.0 Å². The largest absolute Gasteiger partial charge is 0.480 e. The number of aromatic nitrogens is 1. The van der Waals surface area contributed by atoms with Crippen molar-refractivity contribution in [1.29, 1.82) is 0 Å². The molecule has 1 aliphatic heterocycles. The normalized spacial score (nSPS) is 23.1. The van der Waals surface area contributed by atoms with Crippen LogP contribution in [0.15, 0.2) is 10.6 Å². The summed E-state index contributed by atoms with van der Waals surface area (Å²) in [6, 6.07) is 0.492. The molecule has 0 aliphatic carbocycles. The van der Waals surface area contributed by atoms with Crippen LogP contribution in [0.25, 0.3) is 0 Å². The predicted molar refractivity (Wildman–Crippen MR) is 75.0 cm³/mol. The SMILES string of the molecule is Cc1cc(CS(=O)(=O)N2CCCC(C)(C)C2C(=O)O)no1. The van der Waals surface area contributed by atoms with Gasteiger partial charge in [-0.15, -0.1) is 0 Å². The first kappa shape index (κ1) is 16.0. The summed E-state index contributed by atoms with van der Waals surface area (Å²) in [4.78, 5) is 11.5. The van der Waals surface area contributed by atoms with Crippen LogP contribution in [-0.4, -0.2) is 41.5 Å². The lowest BCUT2D eigenvalue weighted by atomic mass is 9.77. The van der Waals surface area contributed by atoms with Crippen LogP contribution < -0.4 is 0 Å². The Morgan fingerprint density at radius 1 is 1.57 bits per heavy atom. The summed E-state index contributed by atoms with van der Waals surface area (Å²) in [7, 11) is -3.76. The second-order valence-corrected chi connectivity index (χ2v) is 8.05. The van der Waals surface area contributed by atoms with E-state index in [4.69, 9.17) is 4.52 Å². The van der Waals surface area contributed by atoms with Gasteiger partial charge in [-0.05, 0) is 25.2 Å². The molecule has 8 heteroatoms. The summed E-state index contributed by atoms with van der Waals surface area (Å²) >= 11 is 0. The molecule has 0 aromatic carbocycles. The Morgan fingerprint density at radius 3 is 2.76 bits per heavy atom. The van der Waals surface area contributed by atoms with Gasteiger partial charge in [-0.1, -0.05) is 19.0 Å². The van der Waals surface area contributed by atoms with Crippen molar-refractivity contribution in [3.05, 3.63) is 17.5 Å². The molecule has 1 unspecified atom stereocenters. The Kier molecular flexibility index (Phi) is 4.12. The van der Waals surface area contributed by atoms with E-state index >= 15 is 0 Å². The van der Waals surface area contributed by atoms with E-state index in [9.17, 15) is 18.3 Å². The maximum atomic E-state index is 12.5. The lowest BCUT2D eigenvalue weighted by molar-refractivity contribution is -0.147. The highest BCUT2D eigenvalue weighted by Crippen LogP contribution is 2.37. The van der Waals surface area contributed by atoms with E-state index in [-0.39, 0.29) is 12.3 Å². The third kappa shape index (κ3) is 3.26. The second kappa shape index (κ2) is 5.42. The Balaban J connectivity index is 2.30. The van der Waals surface area contributed by atoms with Crippen molar-refractivity contribution in [3.8, 4) is 0 Å². The highest BCUT2D eigenvalue weighted by atomic mass is 32.2. The van der Waals surface area contributed by atoms with E-state index in [0.717, 1.165) is 4.31 Å². The van der Waals surface area contributed by atoms with Crippen LogP contribution in [0, 0.1) is 12.3 Å². The van der Waals surface area contributed by atoms with E-state index in [2.05, 4.69) is 5.16 Å². The highest BCUT2D eigenvalue weighted by molar-refractivity contribution is 7.88. The van der Waals surface area contributed by atoms with E-state index in [1.807, 2.05) is 0 Å². The third-order valence-electron chi connectivity index (χ3n) is 3.83. The average molecular weight is 316 g/mol. The number of aliphatic carboxylic acids is 1. The molecule has 0 amide bonds. The monoisotopic (exact) mass is 316 g/mol. The standard InChI is InChI=1S/C13H20N2O5S/c1-9-7-10(14-20-9)8-21(18,19)15-6-4-5-13(2,3)11(15)12(16)17/h7,11H,4-6,8H2,1-3H3,(H,16,17). The number of rotatable bonds is 4. The maximum absolute atomic E-state index is 12.5. The second-order valence-electron chi connectivity index (χ2n) is 6.13. The van der Waals surface area contributed by atoms with E-state index in [0.29, 0.717) is 24.3 Å². The van der Waals surface area contributed by atoms with E-state index < -0.39 is 27.4 Å². The number of hydrogen-bond donors (Lipinski definition) is 1. The zero-order chi connectivity index (χ0) is 15.8. The van der Waals surface area contributed by atoms with Gasteiger partial charge in [-0.2, -0.15) is 4.31 Å². The van der Waals surface area contributed by atoms with E-state index in [1.165, 1.54) is 0 Å². The Bertz CT molecular complexity index is 635. The van der Waals surface area contributed by atoms with Crippen molar-refractivity contribution in [2.45, 2.75) is 45.4 Å². The van der Waals surface area contributed by atoms with Gasteiger partial charge in [0.2, 0.25) is 10.0 Å². The molecule has 7 nitrogen and oxygen atoms in total. The van der Waals surface area contributed by atoms with Crippen molar-refractivity contribution < 1.29 is 22.8 Å². The molecule has 1 aromatic heterocycles. The molecule has 0 bridgehead atoms. The van der Waals surface area contributed by atoms with Crippen LogP contribution in [0.3, 0.4) is 0 Å². The molecule has 2 rings (SSSR count). The quantitative estimate of drug-likeness (QED) is 0.900. The van der Waals surface area contributed by atoms with Gasteiger partial charge in [-0.3, -0.25) is 4.79 Å². The Labute approximate surface area is 124 Å². The number of piperidine rings is 1. The van der Waals surface area contributed by atoms with Crippen molar-refractivity contribution in [3.63, 3.8) is 0 Å². The summed E-state index contributed by atoms with van der Waals surface area (Å²) in [5.41, 5.74) is -0.309. The van der Waals surface area contributed by atoms with Gasteiger partial charge in [0.15, 0.2) is 0 Å². The molecule has 1 aliphatic rings. The lowest BCUT2D eigenvalue weighted by Gasteiger charge is -2.42. The van der Waals surface area contributed by atoms with Crippen molar-refractivity contribution in [2.24, 2.45) is 5.41 Å². The smallest absolute Gasteiger partial charge is 0.322 e. The third-order valence-corrected chi connectivity index (χ3v) is 5.59. The molecular weight excluding hydrogens is 296 g/mol. The zero-order valence-corrected chi connectivity index (χ0v) is 13.2. The molecule has 0 radical (unpaired) electrons. The van der Waals surface area contributed by atoms with Gasteiger partial charge in [0.05, 0.1) is 0 Å². The number of nitrogens with zero attached hydrogens (tertiary/aromatic N) is 2. The predicted octanol–water partition coefficient (Wildman–Crippen LogP) is 1.39. The molecule has 0 spiro atoms. The minimum atomic E-state index is -3.76. The van der Waals surface area contributed by atoms with Crippen LogP contribution in [0.5, 0.6) is 0 Å². The molecule has 1 aromatic rings. The van der Waals surface area contributed by atoms with E-state index in [1.54, 1.807) is 26.8 Å². The molecule has 1 saturated heterocycles. The average Bonchev–Trinajstić information content (AvgIpc) is 2.71. The van der Waals surface area contributed by atoms with Gasteiger partial charge < -0.3 is 9.63 Å². The Morgan fingerprint density at radius 2 is 2.24 bits per heavy atom. The topological polar surface area (TPSA) is 101 Å². The summed E-state index contributed by atoms with van der Waals surface area (Å²) < 4.78 is 31.1. The summed E-state index contributed by atoms with van der Waals surface area (Å²) in [5, 5.41) is 13.1. The van der Waals surface area contributed by atoms with Crippen molar-refractivity contribution in [2.75, 3.05) is 6.54 Å². The first-order chi connectivity index (χ1) is 9.63. The highest BCUT2D eigenvalue weighted by Gasteiger charge is 2.47. The first-order valence-electron chi connectivity index (χ1n) is 6.78. The number of sulfonamides is 1. The molecule has 1 fully saturated rings. The van der Waals surface area contributed by atoms with Crippen molar-refractivity contribution in [1.82, 2.24) is 9.46 Å². The molecule has 2 heterocycles. The molecule has 1 N–H and O–H groups in total. The summed E-state index contributed by atoms with van der Waals surface area (Å²) in [5.74, 6) is -0.932. The van der Waals surface area contributed by atoms with Crippen LogP contribution >= 0.6 is 0 Å². The fraction of sp³-hybridized carbons (Fsp3) is 0.692. The zero-order valence-electron chi connectivity index (χ0n) is 12.4. The van der Waals surface area contributed by atoms with Gasteiger partial charge in [0.1, 0.15) is 23.2 Å². The minimum absolute atomic E-state index is 0.222. The van der Waals surface area contributed by atoms with Gasteiger partial charge >= 0.3 is 5.97 Å². The summed E-state index contributed by atoms with van der Waals surface area (Å²) in [6.07, 6.45) is 1.33. The summed E-state index contributed by atoms with van der Waals surface area (Å²) in [6.45, 7) is 5.47. The molecule has 21 heavy (non-hydrogen) atoms. The maximum Gasteiger partial charge on any atom is 0.322 e. The molecule has 1 atom stereocenters.